The zero-order valence-electron chi connectivity index (χ0n) is 10.9. The van der Waals surface area contributed by atoms with Gasteiger partial charge in [-0.05, 0) is 12.1 Å². The minimum Gasteiger partial charge on any atom is -0.376 e. The molecule has 0 saturated heterocycles. The summed E-state index contributed by atoms with van der Waals surface area (Å²) in [5, 5.41) is -0.220. The fourth-order valence-electron chi connectivity index (χ4n) is 1.69. The Morgan fingerprint density at radius 3 is 2.71 bits per heavy atom. The van der Waals surface area contributed by atoms with E-state index in [2.05, 4.69) is 9.97 Å². The summed E-state index contributed by atoms with van der Waals surface area (Å²) in [6.45, 7) is 0.120. The van der Waals surface area contributed by atoms with Crippen molar-refractivity contribution in [3.8, 4) is 0 Å². The smallest absolute Gasteiger partial charge is 0.165 e. The van der Waals surface area contributed by atoms with E-state index in [-0.39, 0.29) is 41.6 Å². The zero-order chi connectivity index (χ0) is 15.2. The number of aromatic nitrogens is 2. The Labute approximate surface area is 124 Å². The Bertz CT molecular complexity index is 653. The van der Waals surface area contributed by atoms with Crippen LogP contribution in [0.2, 0.25) is 5.15 Å². The molecule has 7 heteroatoms. The van der Waals surface area contributed by atoms with Crippen molar-refractivity contribution in [1.82, 2.24) is 9.97 Å². The third kappa shape index (κ3) is 3.80. The number of nitrogens with zero attached hydrogens (tertiary/aromatic N) is 2. The van der Waals surface area contributed by atoms with Gasteiger partial charge in [0.2, 0.25) is 0 Å². The molecule has 0 aromatic carbocycles. The molecule has 0 saturated carbocycles. The molecule has 4 nitrogen and oxygen atoms in total. The zero-order valence-corrected chi connectivity index (χ0v) is 11.6. The van der Waals surface area contributed by atoms with Crippen LogP contribution in [0.5, 0.6) is 0 Å². The lowest BCUT2D eigenvalue weighted by atomic mass is 10.2. The van der Waals surface area contributed by atoms with Crippen LogP contribution in [0.3, 0.4) is 0 Å². The van der Waals surface area contributed by atoms with Crippen LogP contribution in [0.1, 0.15) is 21.6 Å². The van der Waals surface area contributed by atoms with Crippen LogP contribution in [-0.4, -0.2) is 22.9 Å². The standard InChI is InChI=1S/C14H11ClF2N2O2/c15-14-13(17)10(2-5-19-14)8-21-6-3-11-12(16)9(7-20)1-4-18-11/h1-2,4-5,7H,3,6,8H2. The van der Waals surface area contributed by atoms with Gasteiger partial charge >= 0.3 is 0 Å². The molecular weight excluding hydrogens is 302 g/mol. The van der Waals surface area contributed by atoms with E-state index in [1.807, 2.05) is 0 Å². The average molecular weight is 313 g/mol. The SMILES string of the molecule is O=Cc1ccnc(CCOCc2ccnc(Cl)c2F)c1F. The molecule has 2 aromatic rings. The highest BCUT2D eigenvalue weighted by molar-refractivity contribution is 6.29. The first kappa shape index (κ1) is 15.5. The van der Waals surface area contributed by atoms with Gasteiger partial charge in [0.05, 0.1) is 24.5 Å². The Kier molecular flexibility index (Phi) is 5.30. The van der Waals surface area contributed by atoms with Crippen molar-refractivity contribution in [2.75, 3.05) is 6.61 Å². The molecule has 21 heavy (non-hydrogen) atoms. The van der Waals surface area contributed by atoms with Gasteiger partial charge in [0.1, 0.15) is 0 Å². The minimum absolute atomic E-state index is 0.0108. The molecule has 0 aliphatic heterocycles. The van der Waals surface area contributed by atoms with Gasteiger partial charge in [0.25, 0.3) is 0 Å². The van der Waals surface area contributed by atoms with Crippen molar-refractivity contribution in [2.45, 2.75) is 13.0 Å². The molecule has 0 aliphatic carbocycles. The summed E-state index contributed by atoms with van der Waals surface area (Å²) in [5.74, 6) is -1.29. The van der Waals surface area contributed by atoms with E-state index in [1.165, 1.54) is 24.5 Å². The molecule has 110 valence electrons. The van der Waals surface area contributed by atoms with Gasteiger partial charge in [-0.15, -0.1) is 0 Å². The molecule has 0 atom stereocenters. The Hall–Kier alpha value is -1.92. The summed E-state index contributed by atoms with van der Waals surface area (Å²) in [7, 11) is 0. The van der Waals surface area contributed by atoms with Gasteiger partial charge in [-0.2, -0.15) is 0 Å². The van der Waals surface area contributed by atoms with Crippen LogP contribution < -0.4 is 0 Å². The van der Waals surface area contributed by atoms with Crippen LogP contribution in [0.25, 0.3) is 0 Å². The van der Waals surface area contributed by atoms with Crippen molar-refractivity contribution >= 4 is 17.9 Å². The van der Waals surface area contributed by atoms with Gasteiger partial charge in [-0.25, -0.2) is 13.8 Å². The summed E-state index contributed by atoms with van der Waals surface area (Å²) >= 11 is 5.54. The van der Waals surface area contributed by atoms with Gasteiger partial charge < -0.3 is 4.74 Å². The van der Waals surface area contributed by atoms with Gasteiger partial charge in [-0.1, -0.05) is 11.6 Å². The summed E-state index contributed by atoms with van der Waals surface area (Å²) in [6.07, 6.45) is 3.33. The number of halogens is 3. The number of ether oxygens (including phenoxy) is 1. The highest BCUT2D eigenvalue weighted by atomic mass is 35.5. The summed E-state index contributed by atoms with van der Waals surface area (Å²) in [4.78, 5) is 18.0. The molecule has 0 N–H and O–H groups in total. The van der Waals surface area contributed by atoms with Crippen LogP contribution in [0.15, 0.2) is 24.5 Å². The van der Waals surface area contributed by atoms with E-state index >= 15 is 0 Å². The topological polar surface area (TPSA) is 52.1 Å². The Balaban J connectivity index is 1.91. The number of pyridine rings is 2. The number of aldehydes is 1. The minimum atomic E-state index is -0.658. The molecule has 0 amide bonds. The highest BCUT2D eigenvalue weighted by Gasteiger charge is 2.10. The van der Waals surface area contributed by atoms with E-state index in [1.54, 1.807) is 0 Å². The van der Waals surface area contributed by atoms with Crippen LogP contribution in [0, 0.1) is 11.6 Å². The second-order valence-electron chi connectivity index (χ2n) is 4.16. The first-order valence-corrected chi connectivity index (χ1v) is 6.46. The van der Waals surface area contributed by atoms with E-state index in [0.717, 1.165) is 0 Å². The van der Waals surface area contributed by atoms with Crippen molar-refractivity contribution in [3.63, 3.8) is 0 Å². The molecule has 0 fully saturated rings. The second-order valence-corrected chi connectivity index (χ2v) is 4.51. The molecule has 0 spiro atoms. The van der Waals surface area contributed by atoms with Crippen molar-refractivity contribution in [1.29, 1.82) is 0 Å². The summed E-state index contributed by atoms with van der Waals surface area (Å²) < 4.78 is 32.5. The number of hydrogen-bond donors (Lipinski definition) is 0. The number of hydrogen-bond acceptors (Lipinski definition) is 4. The van der Waals surface area contributed by atoms with E-state index < -0.39 is 11.6 Å². The van der Waals surface area contributed by atoms with Crippen molar-refractivity contribution in [2.24, 2.45) is 0 Å². The molecular formula is C14H11ClF2N2O2. The third-order valence-electron chi connectivity index (χ3n) is 2.79. The highest BCUT2D eigenvalue weighted by Crippen LogP contribution is 2.16. The molecule has 0 aliphatic rings. The number of rotatable bonds is 6. The van der Waals surface area contributed by atoms with Crippen LogP contribution in [-0.2, 0) is 17.8 Å². The second kappa shape index (κ2) is 7.19. The quantitative estimate of drug-likeness (QED) is 0.467. The molecule has 2 aromatic heterocycles. The van der Waals surface area contributed by atoms with E-state index in [0.29, 0.717) is 6.29 Å². The van der Waals surface area contributed by atoms with Crippen LogP contribution >= 0.6 is 11.6 Å². The lowest BCUT2D eigenvalue weighted by Crippen LogP contribution is -2.06. The number of carbonyl (C=O) groups excluding carboxylic acids is 1. The molecule has 2 rings (SSSR count). The van der Waals surface area contributed by atoms with Crippen molar-refractivity contribution < 1.29 is 18.3 Å². The molecule has 0 bridgehead atoms. The predicted octanol–water partition coefficient (Wildman–Crippen LogP) is 2.98. The normalized spacial score (nSPS) is 10.6. The molecule has 0 radical (unpaired) electrons. The van der Waals surface area contributed by atoms with Gasteiger partial charge in [-0.3, -0.25) is 9.78 Å². The monoisotopic (exact) mass is 312 g/mol. The summed E-state index contributed by atoms with van der Waals surface area (Å²) in [6, 6.07) is 2.74. The lowest BCUT2D eigenvalue weighted by molar-refractivity contribution is 0.111. The Morgan fingerprint density at radius 1 is 1.19 bits per heavy atom. The maximum absolute atomic E-state index is 13.7. The molecule has 0 unspecified atom stereocenters. The maximum atomic E-state index is 13.7. The molecule has 2 heterocycles. The van der Waals surface area contributed by atoms with Gasteiger partial charge in [0.15, 0.2) is 23.1 Å². The average Bonchev–Trinajstić information content (AvgIpc) is 2.49. The number of carbonyl (C=O) groups is 1. The third-order valence-corrected chi connectivity index (χ3v) is 3.05. The summed E-state index contributed by atoms with van der Waals surface area (Å²) in [5.41, 5.74) is 0.352. The maximum Gasteiger partial charge on any atom is 0.165 e. The predicted molar refractivity (Wildman–Crippen MR) is 72.1 cm³/mol. The lowest BCUT2D eigenvalue weighted by Gasteiger charge is -2.07. The first-order chi connectivity index (χ1) is 10.1. The van der Waals surface area contributed by atoms with Crippen molar-refractivity contribution in [3.05, 3.63) is 58.1 Å². The Morgan fingerprint density at radius 2 is 1.95 bits per heavy atom. The van der Waals surface area contributed by atoms with Crippen LogP contribution in [0.4, 0.5) is 8.78 Å². The fourth-order valence-corrected chi connectivity index (χ4v) is 1.86. The fraction of sp³-hybridized carbons (Fsp3) is 0.214. The largest absolute Gasteiger partial charge is 0.376 e. The van der Waals surface area contributed by atoms with E-state index in [9.17, 15) is 13.6 Å². The first-order valence-electron chi connectivity index (χ1n) is 6.08. The van der Waals surface area contributed by atoms with Gasteiger partial charge in [0, 0.05) is 24.4 Å². The van der Waals surface area contributed by atoms with E-state index in [4.69, 9.17) is 16.3 Å².